The van der Waals surface area contributed by atoms with Crippen LogP contribution in [0.5, 0.6) is 0 Å². The van der Waals surface area contributed by atoms with Crippen molar-refractivity contribution in [2.75, 3.05) is 0 Å². The van der Waals surface area contributed by atoms with Crippen molar-refractivity contribution in [3.63, 3.8) is 0 Å². The van der Waals surface area contributed by atoms with Crippen LogP contribution in [0.3, 0.4) is 0 Å². The molecule has 1 aromatic heterocycles. The lowest BCUT2D eigenvalue weighted by Crippen LogP contribution is -2.23. The zero-order chi connectivity index (χ0) is 17.1. The van der Waals surface area contributed by atoms with Gasteiger partial charge in [0.1, 0.15) is 0 Å². The maximum atomic E-state index is 6.24. The molecule has 1 N–H and O–H groups in total. The van der Waals surface area contributed by atoms with Gasteiger partial charge in [0.05, 0.1) is 6.04 Å². The number of nitrogens with zero attached hydrogens (tertiary/aromatic N) is 2. The van der Waals surface area contributed by atoms with Crippen LogP contribution in [0.25, 0.3) is 11.5 Å². The highest BCUT2D eigenvalue weighted by Gasteiger charge is 2.18. The Morgan fingerprint density at radius 1 is 0.958 bits per heavy atom. The predicted octanol–water partition coefficient (Wildman–Crippen LogP) is 5.46. The zero-order valence-electron chi connectivity index (χ0n) is 13.3. The van der Waals surface area contributed by atoms with Crippen molar-refractivity contribution in [3.8, 4) is 11.5 Å². The lowest BCUT2D eigenvalue weighted by Gasteiger charge is -2.18. The molecule has 1 heterocycles. The summed E-state index contributed by atoms with van der Waals surface area (Å²) in [6, 6.07) is 15.0. The maximum absolute atomic E-state index is 6.24. The van der Waals surface area contributed by atoms with Crippen LogP contribution in [-0.4, -0.2) is 10.2 Å². The highest BCUT2D eigenvalue weighted by atomic mass is 35.5. The van der Waals surface area contributed by atoms with Crippen LogP contribution in [0.15, 0.2) is 52.9 Å². The smallest absolute Gasteiger partial charge is 0.247 e. The first-order valence-corrected chi connectivity index (χ1v) is 8.40. The molecule has 3 aromatic rings. The van der Waals surface area contributed by atoms with Gasteiger partial charge in [-0.25, -0.2) is 0 Å². The van der Waals surface area contributed by atoms with Gasteiger partial charge in [-0.2, -0.15) is 0 Å². The van der Waals surface area contributed by atoms with Crippen LogP contribution in [0.1, 0.15) is 37.4 Å². The van der Waals surface area contributed by atoms with Crippen LogP contribution in [0.2, 0.25) is 10.0 Å². The molecule has 0 unspecified atom stereocenters. The zero-order valence-corrected chi connectivity index (χ0v) is 14.8. The number of benzene rings is 2. The van der Waals surface area contributed by atoms with Gasteiger partial charge in [-0.1, -0.05) is 47.5 Å². The number of rotatable bonds is 5. The van der Waals surface area contributed by atoms with Crippen LogP contribution in [0.4, 0.5) is 0 Å². The van der Waals surface area contributed by atoms with E-state index in [4.69, 9.17) is 27.6 Å². The summed E-state index contributed by atoms with van der Waals surface area (Å²) in [6.45, 7) is 4.02. The third kappa shape index (κ3) is 3.78. The molecule has 24 heavy (non-hydrogen) atoms. The van der Waals surface area contributed by atoms with Crippen LogP contribution in [0, 0.1) is 0 Å². The minimum Gasteiger partial charge on any atom is -0.419 e. The molecule has 0 aliphatic rings. The lowest BCUT2D eigenvalue weighted by atomic mass is 10.1. The van der Waals surface area contributed by atoms with Gasteiger partial charge in [0, 0.05) is 21.7 Å². The van der Waals surface area contributed by atoms with Crippen molar-refractivity contribution in [1.29, 1.82) is 0 Å². The van der Waals surface area contributed by atoms with E-state index in [0.29, 0.717) is 16.8 Å². The first-order valence-electron chi connectivity index (χ1n) is 7.64. The minimum absolute atomic E-state index is 0.0511. The Hall–Kier alpha value is -1.88. The number of halogens is 2. The van der Waals surface area contributed by atoms with E-state index in [2.05, 4.69) is 15.5 Å². The second kappa shape index (κ2) is 7.34. The van der Waals surface area contributed by atoms with Crippen molar-refractivity contribution >= 4 is 23.2 Å². The molecule has 0 saturated carbocycles. The number of hydrogen-bond acceptors (Lipinski definition) is 4. The molecule has 0 amide bonds. The van der Waals surface area contributed by atoms with Crippen molar-refractivity contribution in [3.05, 3.63) is 70.0 Å². The first-order chi connectivity index (χ1) is 11.5. The summed E-state index contributed by atoms with van der Waals surface area (Å²) in [5.74, 6) is 0.968. The van der Waals surface area contributed by atoms with Crippen molar-refractivity contribution in [2.24, 2.45) is 0 Å². The van der Waals surface area contributed by atoms with E-state index in [9.17, 15) is 0 Å². The van der Waals surface area contributed by atoms with Gasteiger partial charge >= 0.3 is 0 Å². The van der Waals surface area contributed by atoms with Gasteiger partial charge in [-0.15, -0.1) is 10.2 Å². The SMILES string of the molecule is C[C@H](N[C@H](C)c1ccccc1Cl)c1nnc(-c2cccc(Cl)c2)o1. The standard InChI is InChI=1S/C18H17Cl2N3O/c1-11(15-8-3-4-9-16(15)20)21-12(2)17-22-23-18(24-17)13-6-5-7-14(19)10-13/h3-12,21H,1-2H3/t11-,12+/m1/s1. The van der Waals surface area contributed by atoms with Crippen molar-refractivity contribution in [2.45, 2.75) is 25.9 Å². The fraction of sp³-hybridized carbons (Fsp3) is 0.222. The summed E-state index contributed by atoms with van der Waals surface area (Å²) in [7, 11) is 0. The van der Waals surface area contributed by atoms with Gasteiger partial charge in [0.15, 0.2) is 0 Å². The molecule has 2 atom stereocenters. The fourth-order valence-electron chi connectivity index (χ4n) is 2.51. The second-order valence-corrected chi connectivity index (χ2v) is 6.43. The molecule has 2 aromatic carbocycles. The van der Waals surface area contributed by atoms with E-state index in [1.165, 1.54) is 0 Å². The quantitative estimate of drug-likeness (QED) is 0.655. The summed E-state index contributed by atoms with van der Waals surface area (Å²) in [5.41, 5.74) is 1.83. The van der Waals surface area contributed by atoms with Gasteiger partial charge < -0.3 is 4.42 Å². The molecular weight excluding hydrogens is 345 g/mol. The monoisotopic (exact) mass is 361 g/mol. The molecular formula is C18H17Cl2N3O. The molecule has 0 fully saturated rings. The van der Waals surface area contributed by atoms with Crippen molar-refractivity contribution < 1.29 is 4.42 Å². The summed E-state index contributed by atoms with van der Waals surface area (Å²) in [6.07, 6.45) is 0. The fourth-order valence-corrected chi connectivity index (χ4v) is 3.00. The number of aromatic nitrogens is 2. The van der Waals surface area contributed by atoms with E-state index < -0.39 is 0 Å². The molecule has 124 valence electrons. The van der Waals surface area contributed by atoms with E-state index in [1.807, 2.05) is 50.2 Å². The molecule has 0 aliphatic heterocycles. The average Bonchev–Trinajstić information content (AvgIpc) is 3.05. The summed E-state index contributed by atoms with van der Waals surface area (Å²) in [5, 5.41) is 13.0. The number of nitrogens with one attached hydrogen (secondary N) is 1. The summed E-state index contributed by atoms with van der Waals surface area (Å²) >= 11 is 12.2. The Balaban J connectivity index is 1.74. The second-order valence-electron chi connectivity index (χ2n) is 5.59. The molecule has 0 radical (unpaired) electrons. The maximum Gasteiger partial charge on any atom is 0.247 e. The van der Waals surface area contributed by atoms with Gasteiger partial charge in [-0.3, -0.25) is 5.32 Å². The van der Waals surface area contributed by atoms with E-state index in [0.717, 1.165) is 16.1 Å². The summed E-state index contributed by atoms with van der Waals surface area (Å²) < 4.78 is 5.78. The minimum atomic E-state index is -0.114. The number of hydrogen-bond donors (Lipinski definition) is 1. The van der Waals surface area contributed by atoms with Gasteiger partial charge in [0.25, 0.3) is 0 Å². The Labute approximate surface area is 150 Å². The highest BCUT2D eigenvalue weighted by molar-refractivity contribution is 6.31. The molecule has 0 bridgehead atoms. The van der Waals surface area contributed by atoms with Crippen LogP contribution in [-0.2, 0) is 0 Å². The predicted molar refractivity (Wildman–Crippen MR) is 96.2 cm³/mol. The molecule has 4 nitrogen and oxygen atoms in total. The van der Waals surface area contributed by atoms with Gasteiger partial charge in [-0.05, 0) is 43.7 Å². The Morgan fingerprint density at radius 2 is 1.75 bits per heavy atom. The van der Waals surface area contributed by atoms with Gasteiger partial charge in [0.2, 0.25) is 11.8 Å². The van der Waals surface area contributed by atoms with E-state index in [-0.39, 0.29) is 12.1 Å². The molecule has 0 saturated heterocycles. The molecule has 0 spiro atoms. The normalized spacial score (nSPS) is 13.7. The van der Waals surface area contributed by atoms with Crippen LogP contribution >= 0.6 is 23.2 Å². The molecule has 3 rings (SSSR count). The highest BCUT2D eigenvalue weighted by Crippen LogP contribution is 2.27. The Bertz CT molecular complexity index is 834. The molecule has 6 heteroatoms. The third-order valence-electron chi connectivity index (χ3n) is 3.75. The van der Waals surface area contributed by atoms with Crippen LogP contribution < -0.4 is 5.32 Å². The Kier molecular flexibility index (Phi) is 5.19. The largest absolute Gasteiger partial charge is 0.419 e. The average molecular weight is 362 g/mol. The Morgan fingerprint density at radius 3 is 2.50 bits per heavy atom. The third-order valence-corrected chi connectivity index (χ3v) is 4.33. The van der Waals surface area contributed by atoms with Crippen molar-refractivity contribution in [1.82, 2.24) is 15.5 Å². The first kappa shape index (κ1) is 17.0. The topological polar surface area (TPSA) is 51.0 Å². The lowest BCUT2D eigenvalue weighted by molar-refractivity contribution is 0.395. The van der Waals surface area contributed by atoms with E-state index >= 15 is 0 Å². The molecule has 0 aliphatic carbocycles. The van der Waals surface area contributed by atoms with E-state index in [1.54, 1.807) is 12.1 Å². The summed E-state index contributed by atoms with van der Waals surface area (Å²) in [4.78, 5) is 0.